The summed E-state index contributed by atoms with van der Waals surface area (Å²) >= 11 is 0. The van der Waals surface area contributed by atoms with Crippen LogP contribution in [0.1, 0.15) is 10.4 Å². The summed E-state index contributed by atoms with van der Waals surface area (Å²) in [5.74, 6) is -0.372. The third kappa shape index (κ3) is 2.15. The molecule has 1 fully saturated rings. The summed E-state index contributed by atoms with van der Waals surface area (Å²) in [6, 6.07) is 11.8. The Labute approximate surface area is 112 Å². The highest BCUT2D eigenvalue weighted by Gasteiger charge is 2.15. The number of piperazine rings is 1. The van der Waals surface area contributed by atoms with Gasteiger partial charge in [-0.15, -0.1) is 0 Å². The van der Waals surface area contributed by atoms with Gasteiger partial charge in [-0.3, -0.25) is 4.79 Å². The lowest BCUT2D eigenvalue weighted by molar-refractivity contribution is 0.100. The maximum Gasteiger partial charge on any atom is 0.249 e. The van der Waals surface area contributed by atoms with Gasteiger partial charge in [-0.05, 0) is 17.5 Å². The van der Waals surface area contributed by atoms with Crippen LogP contribution < -0.4 is 16.0 Å². The summed E-state index contributed by atoms with van der Waals surface area (Å²) < 4.78 is 0. The highest BCUT2D eigenvalue weighted by atomic mass is 16.1. The number of rotatable bonds is 2. The topological polar surface area (TPSA) is 58.4 Å². The number of primary amides is 1. The van der Waals surface area contributed by atoms with Gasteiger partial charge in [-0.2, -0.15) is 0 Å². The molecule has 0 spiro atoms. The molecule has 0 saturated carbocycles. The molecule has 4 nitrogen and oxygen atoms in total. The molecule has 0 aliphatic carbocycles. The molecule has 1 aliphatic rings. The average Bonchev–Trinajstić information content (AvgIpc) is 2.47. The monoisotopic (exact) mass is 255 g/mol. The Morgan fingerprint density at radius 2 is 1.74 bits per heavy atom. The second-order valence-electron chi connectivity index (χ2n) is 4.78. The van der Waals surface area contributed by atoms with Gasteiger partial charge in [0.1, 0.15) is 0 Å². The fraction of sp³-hybridized carbons (Fsp3) is 0.267. The van der Waals surface area contributed by atoms with E-state index in [0.717, 1.165) is 37.0 Å². The third-order valence-corrected chi connectivity index (χ3v) is 3.62. The van der Waals surface area contributed by atoms with Crippen LogP contribution in [0.4, 0.5) is 5.69 Å². The summed E-state index contributed by atoms with van der Waals surface area (Å²) in [6.07, 6.45) is 0. The number of anilines is 1. The van der Waals surface area contributed by atoms with E-state index in [1.165, 1.54) is 5.69 Å². The molecule has 0 radical (unpaired) electrons. The first-order chi connectivity index (χ1) is 9.27. The maximum atomic E-state index is 11.5. The van der Waals surface area contributed by atoms with Gasteiger partial charge in [-0.1, -0.05) is 24.3 Å². The van der Waals surface area contributed by atoms with E-state index in [1.807, 2.05) is 30.3 Å². The minimum Gasteiger partial charge on any atom is -0.368 e. The molecule has 1 heterocycles. The van der Waals surface area contributed by atoms with Gasteiger partial charge in [0.15, 0.2) is 0 Å². The summed E-state index contributed by atoms with van der Waals surface area (Å²) in [6.45, 7) is 3.96. The van der Waals surface area contributed by atoms with Crippen molar-refractivity contribution in [2.24, 2.45) is 5.73 Å². The van der Waals surface area contributed by atoms with Crippen LogP contribution >= 0.6 is 0 Å². The molecule has 0 bridgehead atoms. The number of carbonyl (C=O) groups is 1. The van der Waals surface area contributed by atoms with Crippen molar-refractivity contribution in [2.75, 3.05) is 31.1 Å². The molecule has 2 aromatic rings. The zero-order chi connectivity index (χ0) is 13.2. The first-order valence-corrected chi connectivity index (χ1v) is 6.54. The highest BCUT2D eigenvalue weighted by Crippen LogP contribution is 2.29. The third-order valence-electron chi connectivity index (χ3n) is 3.62. The summed E-state index contributed by atoms with van der Waals surface area (Å²) in [5, 5.41) is 5.38. The zero-order valence-corrected chi connectivity index (χ0v) is 10.7. The number of nitrogens with two attached hydrogens (primary N) is 1. The minimum absolute atomic E-state index is 0.372. The first kappa shape index (κ1) is 12.0. The van der Waals surface area contributed by atoms with Crippen molar-refractivity contribution in [3.63, 3.8) is 0 Å². The minimum atomic E-state index is -0.372. The van der Waals surface area contributed by atoms with Crippen LogP contribution in [-0.4, -0.2) is 32.1 Å². The number of amides is 1. The number of hydrogen-bond donors (Lipinski definition) is 2. The van der Waals surface area contributed by atoms with E-state index in [4.69, 9.17) is 5.73 Å². The van der Waals surface area contributed by atoms with Crippen LogP contribution in [0.15, 0.2) is 36.4 Å². The van der Waals surface area contributed by atoms with E-state index < -0.39 is 0 Å². The smallest absolute Gasteiger partial charge is 0.249 e. The van der Waals surface area contributed by atoms with Crippen molar-refractivity contribution in [3.8, 4) is 0 Å². The molecule has 0 unspecified atom stereocenters. The van der Waals surface area contributed by atoms with Crippen LogP contribution in [0, 0.1) is 0 Å². The fourth-order valence-electron chi connectivity index (χ4n) is 2.68. The second-order valence-corrected chi connectivity index (χ2v) is 4.78. The van der Waals surface area contributed by atoms with E-state index in [2.05, 4.69) is 16.3 Å². The van der Waals surface area contributed by atoms with Gasteiger partial charge in [0.2, 0.25) is 5.91 Å². The van der Waals surface area contributed by atoms with Gasteiger partial charge < -0.3 is 16.0 Å². The van der Waals surface area contributed by atoms with Crippen molar-refractivity contribution in [3.05, 3.63) is 42.0 Å². The molecular formula is C15H17N3O. The molecule has 3 N–H and O–H groups in total. The molecule has 1 amide bonds. The van der Waals surface area contributed by atoms with Gasteiger partial charge >= 0.3 is 0 Å². The number of benzene rings is 2. The number of fused-ring (bicyclic) bond motifs is 1. The average molecular weight is 255 g/mol. The number of nitrogens with zero attached hydrogens (tertiary/aromatic N) is 1. The van der Waals surface area contributed by atoms with Crippen molar-refractivity contribution in [1.29, 1.82) is 0 Å². The quantitative estimate of drug-likeness (QED) is 0.851. The molecular weight excluding hydrogens is 238 g/mol. The van der Waals surface area contributed by atoms with Gasteiger partial charge in [0, 0.05) is 42.8 Å². The number of nitrogens with one attached hydrogen (secondary N) is 1. The Hall–Kier alpha value is -2.07. The van der Waals surface area contributed by atoms with Crippen LogP contribution in [0.2, 0.25) is 0 Å². The van der Waals surface area contributed by atoms with Gasteiger partial charge in [-0.25, -0.2) is 0 Å². The fourth-order valence-corrected chi connectivity index (χ4v) is 2.68. The lowest BCUT2D eigenvalue weighted by Crippen LogP contribution is -2.43. The van der Waals surface area contributed by atoms with E-state index in [1.54, 1.807) is 0 Å². The lowest BCUT2D eigenvalue weighted by atomic mass is 10.0. The zero-order valence-electron chi connectivity index (χ0n) is 10.7. The summed E-state index contributed by atoms with van der Waals surface area (Å²) in [7, 11) is 0. The Bertz CT molecular complexity index is 618. The molecule has 2 aromatic carbocycles. The Morgan fingerprint density at radius 3 is 2.42 bits per heavy atom. The van der Waals surface area contributed by atoms with E-state index in [-0.39, 0.29) is 5.91 Å². The number of carbonyl (C=O) groups excluding carboxylic acids is 1. The van der Waals surface area contributed by atoms with Crippen LogP contribution in [0.25, 0.3) is 10.8 Å². The van der Waals surface area contributed by atoms with Crippen LogP contribution in [0.3, 0.4) is 0 Å². The molecule has 98 valence electrons. The Balaban J connectivity index is 2.15. The maximum absolute atomic E-state index is 11.5. The van der Waals surface area contributed by atoms with Crippen LogP contribution in [0.5, 0.6) is 0 Å². The van der Waals surface area contributed by atoms with Gasteiger partial charge in [0.05, 0.1) is 0 Å². The van der Waals surface area contributed by atoms with Crippen LogP contribution in [-0.2, 0) is 0 Å². The summed E-state index contributed by atoms with van der Waals surface area (Å²) in [5.41, 5.74) is 7.22. The highest BCUT2D eigenvalue weighted by molar-refractivity contribution is 6.09. The molecule has 0 atom stereocenters. The molecule has 19 heavy (non-hydrogen) atoms. The van der Waals surface area contributed by atoms with E-state index >= 15 is 0 Å². The Morgan fingerprint density at radius 1 is 1.05 bits per heavy atom. The predicted octanol–water partition coefficient (Wildman–Crippen LogP) is 1.35. The molecule has 3 rings (SSSR count). The first-order valence-electron chi connectivity index (χ1n) is 6.54. The molecule has 1 saturated heterocycles. The standard InChI is InChI=1S/C15H17N3O/c16-15(19)13-5-6-14(18-9-7-17-8-10-18)12-4-2-1-3-11(12)13/h1-6,17H,7-10H2,(H2,16,19). The van der Waals surface area contributed by atoms with Crippen molar-refractivity contribution < 1.29 is 4.79 Å². The Kier molecular flexibility index (Phi) is 3.09. The van der Waals surface area contributed by atoms with E-state index in [0.29, 0.717) is 5.56 Å². The van der Waals surface area contributed by atoms with Crippen molar-refractivity contribution in [2.45, 2.75) is 0 Å². The summed E-state index contributed by atoms with van der Waals surface area (Å²) in [4.78, 5) is 13.9. The van der Waals surface area contributed by atoms with Crippen molar-refractivity contribution >= 4 is 22.4 Å². The van der Waals surface area contributed by atoms with Gasteiger partial charge in [0.25, 0.3) is 0 Å². The molecule has 0 aromatic heterocycles. The second kappa shape index (κ2) is 4.90. The lowest BCUT2D eigenvalue weighted by Gasteiger charge is -2.30. The number of hydrogen-bond acceptors (Lipinski definition) is 3. The SMILES string of the molecule is NC(=O)c1ccc(N2CCNCC2)c2ccccc12. The molecule has 4 heteroatoms. The van der Waals surface area contributed by atoms with E-state index in [9.17, 15) is 4.79 Å². The molecule has 1 aliphatic heterocycles. The predicted molar refractivity (Wildman–Crippen MR) is 77.5 cm³/mol. The van der Waals surface area contributed by atoms with Crippen molar-refractivity contribution in [1.82, 2.24) is 5.32 Å². The normalized spacial score (nSPS) is 15.7. The largest absolute Gasteiger partial charge is 0.368 e.